The van der Waals surface area contributed by atoms with Gasteiger partial charge in [-0.3, -0.25) is 9.59 Å². The highest BCUT2D eigenvalue weighted by molar-refractivity contribution is 6.02. The maximum atomic E-state index is 14.3. The van der Waals surface area contributed by atoms with E-state index >= 15 is 0 Å². The Morgan fingerprint density at radius 2 is 1.70 bits per heavy atom. The Balaban J connectivity index is 1.92. The average Bonchev–Trinajstić information content (AvgIpc) is 2.83. The lowest BCUT2D eigenvalue weighted by Crippen LogP contribution is -2.45. The predicted octanol–water partition coefficient (Wildman–Crippen LogP) is 4.67. The van der Waals surface area contributed by atoms with E-state index in [1.807, 2.05) is 49.1 Å². The second kappa shape index (κ2) is 12.8. The zero-order valence-electron chi connectivity index (χ0n) is 21.0. The monoisotopic (exact) mass is 506 g/mol. The number of carbonyl (C=O) groups is 2. The van der Waals surface area contributed by atoms with Crippen LogP contribution in [0.1, 0.15) is 29.8 Å². The van der Waals surface area contributed by atoms with Crippen molar-refractivity contribution in [2.75, 3.05) is 23.3 Å². The van der Waals surface area contributed by atoms with Crippen LogP contribution in [0.3, 0.4) is 0 Å². The summed E-state index contributed by atoms with van der Waals surface area (Å²) in [7, 11) is 0. The van der Waals surface area contributed by atoms with Crippen molar-refractivity contribution >= 4 is 23.2 Å². The first-order chi connectivity index (χ1) is 17.6. The fourth-order valence-electron chi connectivity index (χ4n) is 3.97. The van der Waals surface area contributed by atoms with Gasteiger partial charge in [0.25, 0.3) is 5.91 Å². The number of hydrogen-bond donors (Lipinski definition) is 3. The number of nitrogens with two attached hydrogens (primary N) is 1. The quantitative estimate of drug-likeness (QED) is 0.330. The van der Waals surface area contributed by atoms with E-state index in [1.54, 1.807) is 6.07 Å². The summed E-state index contributed by atoms with van der Waals surface area (Å²) in [6.45, 7) is 8.57. The Hall–Kier alpha value is -4.04. The molecule has 6 nitrogen and oxygen atoms in total. The molecule has 0 radical (unpaired) electrons. The lowest BCUT2D eigenvalue weighted by Gasteiger charge is -2.29. The topological polar surface area (TPSA) is 87.5 Å². The van der Waals surface area contributed by atoms with E-state index in [0.717, 1.165) is 11.1 Å². The van der Waals surface area contributed by atoms with Crippen LogP contribution in [0, 0.1) is 11.6 Å². The minimum Gasteiger partial charge on any atom is -0.364 e. The second-order valence-corrected chi connectivity index (χ2v) is 9.16. The number of carbonyl (C=O) groups excluding carboxylic acids is 2. The fourth-order valence-corrected chi connectivity index (χ4v) is 3.97. The summed E-state index contributed by atoms with van der Waals surface area (Å²) in [5.41, 5.74) is 8.30. The molecule has 37 heavy (non-hydrogen) atoms. The van der Waals surface area contributed by atoms with E-state index in [0.29, 0.717) is 18.8 Å². The minimum absolute atomic E-state index is 0.146. The molecule has 3 aromatic rings. The van der Waals surface area contributed by atoms with E-state index in [1.165, 1.54) is 36.4 Å². The molecular formula is C29H32F2N4O2. The van der Waals surface area contributed by atoms with E-state index in [2.05, 4.69) is 17.2 Å². The molecule has 8 heteroatoms. The van der Waals surface area contributed by atoms with E-state index < -0.39 is 29.5 Å². The van der Waals surface area contributed by atoms with Gasteiger partial charge >= 0.3 is 0 Å². The number of amides is 2. The minimum atomic E-state index is -1.06. The molecule has 2 atom stereocenters. The summed E-state index contributed by atoms with van der Waals surface area (Å²) >= 11 is 0. The molecule has 3 aromatic carbocycles. The van der Waals surface area contributed by atoms with Crippen LogP contribution in [0.4, 0.5) is 20.2 Å². The molecule has 0 spiro atoms. The number of anilines is 2. The van der Waals surface area contributed by atoms with Crippen molar-refractivity contribution in [1.82, 2.24) is 5.32 Å². The van der Waals surface area contributed by atoms with Gasteiger partial charge in [0.05, 0.1) is 16.9 Å². The highest BCUT2D eigenvalue weighted by Gasteiger charge is 2.25. The zero-order valence-corrected chi connectivity index (χ0v) is 21.0. The molecule has 0 aliphatic rings. The Bertz CT molecular complexity index is 1250. The first-order valence-electron chi connectivity index (χ1n) is 12.0. The second-order valence-electron chi connectivity index (χ2n) is 9.16. The third kappa shape index (κ3) is 7.98. The van der Waals surface area contributed by atoms with E-state index in [4.69, 9.17) is 5.73 Å². The van der Waals surface area contributed by atoms with Gasteiger partial charge in [0.2, 0.25) is 5.91 Å². The number of halogens is 2. The van der Waals surface area contributed by atoms with Gasteiger partial charge in [-0.25, -0.2) is 8.78 Å². The summed E-state index contributed by atoms with van der Waals surface area (Å²) in [6, 6.07) is 17.5. The molecular weight excluding hydrogens is 474 g/mol. The number of rotatable bonds is 11. The number of nitrogens with zero attached hydrogens (tertiary/aromatic N) is 1. The lowest BCUT2D eigenvalue weighted by molar-refractivity contribution is -0.118. The third-order valence-electron chi connectivity index (χ3n) is 5.55. The van der Waals surface area contributed by atoms with Gasteiger partial charge in [-0.2, -0.15) is 0 Å². The fraction of sp³-hybridized carbons (Fsp3) is 0.241. The molecule has 0 saturated heterocycles. The van der Waals surface area contributed by atoms with Gasteiger partial charge in [-0.15, -0.1) is 0 Å². The molecule has 0 saturated carbocycles. The molecule has 0 bridgehead atoms. The van der Waals surface area contributed by atoms with Crippen molar-refractivity contribution in [3.05, 3.63) is 108 Å². The van der Waals surface area contributed by atoms with Crippen molar-refractivity contribution in [1.29, 1.82) is 0 Å². The lowest BCUT2D eigenvalue weighted by atomic mass is 10.0. The van der Waals surface area contributed by atoms with Crippen molar-refractivity contribution in [2.24, 2.45) is 5.73 Å². The molecule has 0 aliphatic carbocycles. The summed E-state index contributed by atoms with van der Waals surface area (Å²) in [6.07, 6.45) is 0.146. The molecule has 0 fully saturated rings. The maximum Gasteiger partial charge on any atom is 0.254 e. The van der Waals surface area contributed by atoms with Crippen LogP contribution in [0.5, 0.6) is 0 Å². The summed E-state index contributed by atoms with van der Waals surface area (Å²) < 4.78 is 28.5. The molecule has 0 aliphatic heterocycles. The summed E-state index contributed by atoms with van der Waals surface area (Å²) in [4.78, 5) is 28.3. The van der Waals surface area contributed by atoms with Crippen LogP contribution < -0.4 is 21.3 Å². The molecule has 0 heterocycles. The first kappa shape index (κ1) is 27.5. The molecule has 0 aromatic heterocycles. The van der Waals surface area contributed by atoms with Crippen LogP contribution in [0.2, 0.25) is 0 Å². The van der Waals surface area contributed by atoms with Gasteiger partial charge in [-0.1, -0.05) is 54.6 Å². The van der Waals surface area contributed by atoms with Crippen molar-refractivity contribution in [3.8, 4) is 0 Å². The van der Waals surface area contributed by atoms with Gasteiger partial charge < -0.3 is 21.3 Å². The maximum absolute atomic E-state index is 14.3. The van der Waals surface area contributed by atoms with Gasteiger partial charge in [-0.05, 0) is 49.7 Å². The normalized spacial score (nSPS) is 12.4. The third-order valence-corrected chi connectivity index (χ3v) is 5.55. The van der Waals surface area contributed by atoms with Crippen LogP contribution >= 0.6 is 0 Å². The van der Waals surface area contributed by atoms with Crippen molar-refractivity contribution in [2.45, 2.75) is 32.4 Å². The van der Waals surface area contributed by atoms with Crippen molar-refractivity contribution < 1.29 is 18.4 Å². The van der Waals surface area contributed by atoms with Crippen molar-refractivity contribution in [3.63, 3.8) is 0 Å². The molecule has 2 amide bonds. The molecule has 3 rings (SSSR count). The van der Waals surface area contributed by atoms with Crippen LogP contribution in [0.25, 0.3) is 0 Å². The Kier molecular flexibility index (Phi) is 9.51. The summed E-state index contributed by atoms with van der Waals surface area (Å²) in [5.74, 6) is -2.53. The van der Waals surface area contributed by atoms with E-state index in [-0.39, 0.29) is 23.7 Å². The Labute approximate surface area is 216 Å². The number of nitrogens with one attached hydrogen (secondary N) is 2. The standard InChI is InChI=1S/C29H32F2N4O2/c1-19(2)17-35(18-20(3)32)27-14-13-22(30)16-25(27)33-29(37)26(15-21-9-5-4-6-10-21)34-28(36)23-11-7-8-12-24(23)31/h4-14,16,20,26H,1,15,17-18,32H2,2-3H3,(H,33,37)(H,34,36). The van der Waals surface area contributed by atoms with E-state index in [9.17, 15) is 18.4 Å². The molecule has 4 N–H and O–H groups in total. The molecule has 194 valence electrons. The SMILES string of the molecule is C=C(C)CN(CC(C)N)c1ccc(F)cc1NC(=O)C(Cc1ccccc1)NC(=O)c1ccccc1F. The van der Waals surface area contributed by atoms with Gasteiger partial charge in [0.1, 0.15) is 17.7 Å². The predicted molar refractivity (Wildman–Crippen MR) is 144 cm³/mol. The Morgan fingerprint density at radius 3 is 2.35 bits per heavy atom. The Morgan fingerprint density at radius 1 is 1.03 bits per heavy atom. The average molecular weight is 507 g/mol. The smallest absolute Gasteiger partial charge is 0.254 e. The highest BCUT2D eigenvalue weighted by atomic mass is 19.1. The molecule has 2 unspecified atom stereocenters. The number of hydrogen-bond acceptors (Lipinski definition) is 4. The zero-order chi connectivity index (χ0) is 26.9. The van der Waals surface area contributed by atoms with Crippen LogP contribution in [0.15, 0.2) is 84.9 Å². The van der Waals surface area contributed by atoms with Crippen LogP contribution in [-0.4, -0.2) is 37.0 Å². The van der Waals surface area contributed by atoms with Gasteiger partial charge in [0, 0.05) is 25.6 Å². The summed E-state index contributed by atoms with van der Waals surface area (Å²) in [5, 5.41) is 5.41. The number of benzene rings is 3. The first-order valence-corrected chi connectivity index (χ1v) is 12.0. The highest BCUT2D eigenvalue weighted by Crippen LogP contribution is 2.28. The largest absolute Gasteiger partial charge is 0.364 e. The van der Waals surface area contributed by atoms with Gasteiger partial charge in [0.15, 0.2) is 0 Å². The van der Waals surface area contributed by atoms with Crippen LogP contribution in [-0.2, 0) is 11.2 Å².